The highest BCUT2D eigenvalue weighted by atomic mass is 15.2. The van der Waals surface area contributed by atoms with E-state index in [0.29, 0.717) is 0 Å². The zero-order valence-corrected chi connectivity index (χ0v) is 7.71. The molecule has 2 aliphatic heterocycles. The van der Waals surface area contributed by atoms with Gasteiger partial charge in [-0.25, -0.2) is 0 Å². The Bertz CT molecular complexity index is 136. The lowest BCUT2D eigenvalue weighted by Gasteiger charge is -2.30. The first-order chi connectivity index (χ1) is 5.27. The molecule has 1 unspecified atom stereocenters. The minimum absolute atomic E-state index is 0.843. The zero-order valence-electron chi connectivity index (χ0n) is 7.71. The molecule has 2 saturated heterocycles. The Labute approximate surface area is 69.8 Å². The van der Waals surface area contributed by atoms with E-state index in [2.05, 4.69) is 18.9 Å². The van der Waals surface area contributed by atoms with Crippen molar-refractivity contribution >= 4 is 0 Å². The van der Waals surface area contributed by atoms with Crippen LogP contribution in [0.1, 0.15) is 39.0 Å². The van der Waals surface area contributed by atoms with Crippen molar-refractivity contribution in [2.75, 3.05) is 7.05 Å². The summed E-state index contributed by atoms with van der Waals surface area (Å²) in [6, 6.07) is 1.76. The summed E-state index contributed by atoms with van der Waals surface area (Å²) < 4.78 is 0. The lowest BCUT2D eigenvalue weighted by atomic mass is 9.86. The van der Waals surface area contributed by atoms with E-state index in [1.165, 1.54) is 32.1 Å². The van der Waals surface area contributed by atoms with Crippen molar-refractivity contribution in [3.63, 3.8) is 0 Å². The van der Waals surface area contributed by atoms with E-state index in [4.69, 9.17) is 0 Å². The van der Waals surface area contributed by atoms with Gasteiger partial charge in [-0.05, 0) is 52.0 Å². The van der Waals surface area contributed by atoms with E-state index in [0.717, 1.165) is 18.0 Å². The molecule has 1 atom stereocenters. The molecule has 0 aromatic carbocycles. The molecule has 0 spiro atoms. The molecule has 2 bridgehead atoms. The average molecular weight is 153 g/mol. The largest absolute Gasteiger partial charge is 0.301 e. The van der Waals surface area contributed by atoms with Crippen LogP contribution in [0.25, 0.3) is 0 Å². The van der Waals surface area contributed by atoms with E-state index in [1.807, 2.05) is 0 Å². The Hall–Kier alpha value is -0.0400. The van der Waals surface area contributed by atoms with Crippen molar-refractivity contribution in [2.24, 2.45) is 5.92 Å². The number of hydrogen-bond donors (Lipinski definition) is 0. The van der Waals surface area contributed by atoms with Gasteiger partial charge >= 0.3 is 0 Å². The van der Waals surface area contributed by atoms with Crippen molar-refractivity contribution in [1.82, 2.24) is 4.90 Å². The van der Waals surface area contributed by atoms with Crippen molar-refractivity contribution in [3.05, 3.63) is 0 Å². The second-order valence-electron chi connectivity index (χ2n) is 4.42. The summed E-state index contributed by atoms with van der Waals surface area (Å²) >= 11 is 0. The Kier molecular flexibility index (Phi) is 1.92. The monoisotopic (exact) mass is 153 g/mol. The fourth-order valence-corrected chi connectivity index (χ4v) is 2.80. The quantitative estimate of drug-likeness (QED) is 0.516. The maximum atomic E-state index is 2.60. The van der Waals surface area contributed by atoms with Crippen molar-refractivity contribution < 1.29 is 0 Å². The topological polar surface area (TPSA) is 3.24 Å². The summed E-state index contributed by atoms with van der Waals surface area (Å²) in [4.78, 5) is 2.60. The Morgan fingerprint density at radius 1 is 1.09 bits per heavy atom. The second-order valence-corrected chi connectivity index (χ2v) is 4.42. The third-order valence-electron chi connectivity index (χ3n) is 3.76. The molecule has 0 aromatic rings. The zero-order chi connectivity index (χ0) is 7.84. The van der Waals surface area contributed by atoms with Gasteiger partial charge in [-0.3, -0.25) is 0 Å². The lowest BCUT2D eigenvalue weighted by molar-refractivity contribution is 0.183. The molecule has 0 aromatic heterocycles. The molecule has 0 radical (unpaired) electrons. The number of nitrogens with zero attached hydrogens (tertiary/aromatic N) is 1. The molecule has 11 heavy (non-hydrogen) atoms. The molecule has 1 nitrogen and oxygen atoms in total. The predicted molar refractivity (Wildman–Crippen MR) is 47.6 cm³/mol. The summed E-state index contributed by atoms with van der Waals surface area (Å²) in [6.45, 7) is 2.39. The molecule has 3 aliphatic rings. The standard InChI is InChI=1S/C10H19N/c1-8-7-9-3-5-10(6-4-9)11(8)2/h8-10H,3-7H2,1-2H3. The van der Waals surface area contributed by atoms with Gasteiger partial charge in [-0.2, -0.15) is 0 Å². The van der Waals surface area contributed by atoms with Gasteiger partial charge in [-0.15, -0.1) is 0 Å². The van der Waals surface area contributed by atoms with Crippen molar-refractivity contribution in [2.45, 2.75) is 51.1 Å². The molecule has 0 amide bonds. The highest BCUT2D eigenvalue weighted by molar-refractivity contribution is 4.86. The van der Waals surface area contributed by atoms with Gasteiger partial charge in [-0.1, -0.05) is 0 Å². The summed E-state index contributed by atoms with van der Waals surface area (Å²) in [5, 5.41) is 0. The molecule has 1 aliphatic carbocycles. The van der Waals surface area contributed by atoms with Crippen LogP contribution in [0.15, 0.2) is 0 Å². The van der Waals surface area contributed by atoms with Crippen LogP contribution in [0.5, 0.6) is 0 Å². The summed E-state index contributed by atoms with van der Waals surface area (Å²) in [5.41, 5.74) is 0. The molecular formula is C10H19N. The van der Waals surface area contributed by atoms with Crippen LogP contribution < -0.4 is 0 Å². The summed E-state index contributed by atoms with van der Waals surface area (Å²) in [5.74, 6) is 1.06. The molecule has 1 heteroatoms. The van der Waals surface area contributed by atoms with Crippen LogP contribution in [-0.2, 0) is 0 Å². The van der Waals surface area contributed by atoms with E-state index in [-0.39, 0.29) is 0 Å². The van der Waals surface area contributed by atoms with E-state index >= 15 is 0 Å². The number of rotatable bonds is 0. The van der Waals surface area contributed by atoms with Crippen LogP contribution >= 0.6 is 0 Å². The fourth-order valence-electron chi connectivity index (χ4n) is 2.80. The first-order valence-electron chi connectivity index (χ1n) is 4.99. The molecule has 0 N–H and O–H groups in total. The molecule has 1 saturated carbocycles. The van der Waals surface area contributed by atoms with Crippen LogP contribution in [0, 0.1) is 5.92 Å². The van der Waals surface area contributed by atoms with E-state index < -0.39 is 0 Å². The molecule has 64 valence electrons. The first kappa shape index (κ1) is 7.60. The van der Waals surface area contributed by atoms with Gasteiger partial charge in [0.05, 0.1) is 0 Å². The lowest BCUT2D eigenvalue weighted by Crippen LogP contribution is -2.36. The van der Waals surface area contributed by atoms with Crippen LogP contribution in [0.2, 0.25) is 0 Å². The van der Waals surface area contributed by atoms with Crippen LogP contribution in [0.3, 0.4) is 0 Å². The Morgan fingerprint density at radius 2 is 1.73 bits per heavy atom. The first-order valence-corrected chi connectivity index (χ1v) is 4.99. The van der Waals surface area contributed by atoms with Crippen molar-refractivity contribution in [3.8, 4) is 0 Å². The van der Waals surface area contributed by atoms with E-state index in [1.54, 1.807) is 0 Å². The van der Waals surface area contributed by atoms with Gasteiger partial charge in [0.15, 0.2) is 0 Å². The molecule has 2 heterocycles. The third-order valence-corrected chi connectivity index (χ3v) is 3.76. The fraction of sp³-hybridized carbons (Fsp3) is 1.00. The minimum Gasteiger partial charge on any atom is -0.301 e. The number of hydrogen-bond acceptors (Lipinski definition) is 1. The van der Waals surface area contributed by atoms with Gasteiger partial charge in [0.1, 0.15) is 0 Å². The van der Waals surface area contributed by atoms with Crippen LogP contribution in [-0.4, -0.2) is 24.0 Å². The highest BCUT2D eigenvalue weighted by Gasteiger charge is 2.31. The maximum absolute atomic E-state index is 2.60. The third kappa shape index (κ3) is 1.31. The average Bonchev–Trinajstić information content (AvgIpc) is 2.22. The smallest absolute Gasteiger partial charge is 0.00952 e. The molecular weight excluding hydrogens is 134 g/mol. The second kappa shape index (κ2) is 2.78. The van der Waals surface area contributed by atoms with Crippen molar-refractivity contribution in [1.29, 1.82) is 0 Å². The Balaban J connectivity index is 2.12. The number of fused-ring (bicyclic) bond motifs is 4. The van der Waals surface area contributed by atoms with Gasteiger partial charge < -0.3 is 4.90 Å². The SMILES string of the molecule is CC1CC2CCC(CC2)N1C. The summed E-state index contributed by atoms with van der Waals surface area (Å²) in [6.07, 6.45) is 7.38. The maximum Gasteiger partial charge on any atom is 0.00952 e. The molecule has 3 rings (SSSR count). The van der Waals surface area contributed by atoms with Gasteiger partial charge in [0.2, 0.25) is 0 Å². The Morgan fingerprint density at radius 3 is 2.36 bits per heavy atom. The van der Waals surface area contributed by atoms with Gasteiger partial charge in [0.25, 0.3) is 0 Å². The van der Waals surface area contributed by atoms with Crippen LogP contribution in [0.4, 0.5) is 0 Å². The normalized spacial score (nSPS) is 45.8. The van der Waals surface area contributed by atoms with E-state index in [9.17, 15) is 0 Å². The van der Waals surface area contributed by atoms with Gasteiger partial charge in [0, 0.05) is 12.1 Å². The predicted octanol–water partition coefficient (Wildman–Crippen LogP) is 2.27. The molecule has 3 fully saturated rings. The minimum atomic E-state index is 0.843. The highest BCUT2D eigenvalue weighted by Crippen LogP contribution is 2.35. The summed E-state index contributed by atoms with van der Waals surface area (Å²) in [7, 11) is 2.31.